The molecule has 7 nitrogen and oxygen atoms in total. The highest BCUT2D eigenvalue weighted by Gasteiger charge is 2.13. The first kappa shape index (κ1) is 17.6. The second-order valence-electron chi connectivity index (χ2n) is 5.39. The van der Waals surface area contributed by atoms with E-state index in [9.17, 15) is 14.4 Å². The third-order valence-electron chi connectivity index (χ3n) is 3.59. The Kier molecular flexibility index (Phi) is 5.14. The summed E-state index contributed by atoms with van der Waals surface area (Å²) < 4.78 is 2.39. The zero-order valence-corrected chi connectivity index (χ0v) is 15.7. The molecular formula is C16H15BrN4O3S. The van der Waals surface area contributed by atoms with Crippen molar-refractivity contribution < 1.29 is 4.79 Å². The molecule has 0 aliphatic heterocycles. The lowest BCUT2D eigenvalue weighted by Crippen LogP contribution is -2.31. The van der Waals surface area contributed by atoms with Gasteiger partial charge in [0.15, 0.2) is 0 Å². The van der Waals surface area contributed by atoms with Crippen molar-refractivity contribution >= 4 is 44.2 Å². The molecule has 9 heteroatoms. The Hall–Kier alpha value is -2.26. The van der Waals surface area contributed by atoms with E-state index in [1.807, 2.05) is 19.1 Å². The van der Waals surface area contributed by atoms with Crippen molar-refractivity contribution in [2.24, 2.45) is 0 Å². The molecule has 0 unspecified atom stereocenters. The van der Waals surface area contributed by atoms with Crippen LogP contribution in [0.4, 0.5) is 0 Å². The number of aromatic nitrogens is 3. The van der Waals surface area contributed by atoms with Crippen molar-refractivity contribution in [2.45, 2.75) is 26.4 Å². The van der Waals surface area contributed by atoms with E-state index in [2.05, 4.69) is 31.2 Å². The minimum Gasteiger partial charge on any atom is -0.347 e. The molecule has 0 aliphatic carbocycles. The van der Waals surface area contributed by atoms with Gasteiger partial charge in [-0.05, 0) is 40.5 Å². The number of amides is 1. The highest BCUT2D eigenvalue weighted by atomic mass is 79.9. The van der Waals surface area contributed by atoms with E-state index in [0.29, 0.717) is 13.1 Å². The largest absolute Gasteiger partial charge is 0.347 e. The first-order valence-corrected chi connectivity index (χ1v) is 9.26. The van der Waals surface area contributed by atoms with Gasteiger partial charge in [-0.25, -0.2) is 9.78 Å². The minimum atomic E-state index is -0.545. The fraction of sp³-hybridized carbons (Fsp3) is 0.250. The zero-order valence-electron chi connectivity index (χ0n) is 13.3. The molecule has 0 spiro atoms. The number of carbonyl (C=O) groups excluding carboxylic acids is 1. The summed E-state index contributed by atoms with van der Waals surface area (Å²) >= 11 is 4.91. The van der Waals surface area contributed by atoms with Gasteiger partial charge in [-0.2, -0.15) is 0 Å². The first-order valence-electron chi connectivity index (χ1n) is 7.65. The number of thiophene rings is 1. The smallest absolute Gasteiger partial charge is 0.329 e. The van der Waals surface area contributed by atoms with Gasteiger partial charge in [-0.1, -0.05) is 6.92 Å². The normalized spacial score (nSPS) is 11.0. The Morgan fingerprint density at radius 1 is 1.40 bits per heavy atom. The number of rotatable bonds is 5. The Bertz CT molecular complexity index is 1050. The molecule has 3 rings (SSSR count). The number of pyridine rings is 1. The average Bonchev–Trinajstić information content (AvgIpc) is 3.01. The van der Waals surface area contributed by atoms with Crippen LogP contribution in [0.3, 0.4) is 0 Å². The van der Waals surface area contributed by atoms with Crippen LogP contribution < -0.4 is 16.6 Å². The number of aromatic amines is 1. The van der Waals surface area contributed by atoms with Gasteiger partial charge in [-0.15, -0.1) is 11.3 Å². The van der Waals surface area contributed by atoms with E-state index >= 15 is 0 Å². The molecule has 3 aromatic heterocycles. The molecule has 0 aliphatic rings. The summed E-state index contributed by atoms with van der Waals surface area (Å²) in [4.78, 5) is 43.7. The van der Waals surface area contributed by atoms with E-state index in [0.717, 1.165) is 15.1 Å². The van der Waals surface area contributed by atoms with Gasteiger partial charge < -0.3 is 5.32 Å². The fourth-order valence-corrected chi connectivity index (χ4v) is 3.86. The van der Waals surface area contributed by atoms with Gasteiger partial charge in [-0.3, -0.25) is 19.1 Å². The van der Waals surface area contributed by atoms with Crippen LogP contribution in [0.1, 0.15) is 28.6 Å². The maximum absolute atomic E-state index is 12.3. The molecule has 0 radical (unpaired) electrons. The van der Waals surface area contributed by atoms with Crippen molar-refractivity contribution in [3.8, 4) is 0 Å². The summed E-state index contributed by atoms with van der Waals surface area (Å²) in [6.07, 6.45) is 2.11. The molecule has 0 saturated carbocycles. The molecule has 1 amide bonds. The van der Waals surface area contributed by atoms with E-state index in [1.165, 1.54) is 28.2 Å². The number of hydrogen-bond acceptors (Lipinski definition) is 5. The predicted octanol–water partition coefficient (Wildman–Crippen LogP) is 2.25. The molecule has 0 saturated heterocycles. The zero-order chi connectivity index (χ0) is 18.0. The van der Waals surface area contributed by atoms with Crippen LogP contribution in [0.25, 0.3) is 11.0 Å². The standard InChI is InChI=1S/C16H15BrN4O3S/c1-2-5-21-13-11(15(23)20-16(21)24)6-9(7-18-13)14(22)19-8-10-3-4-12(17)25-10/h3-4,6-7H,2,5,8H2,1H3,(H,19,22)(H,20,23,24). The van der Waals surface area contributed by atoms with E-state index in [4.69, 9.17) is 0 Å². The maximum Gasteiger partial charge on any atom is 0.329 e. The van der Waals surface area contributed by atoms with E-state index < -0.39 is 11.2 Å². The number of nitrogens with one attached hydrogen (secondary N) is 2. The molecule has 0 atom stereocenters. The third-order valence-corrected chi connectivity index (χ3v) is 5.22. The Balaban J connectivity index is 1.91. The highest BCUT2D eigenvalue weighted by molar-refractivity contribution is 9.11. The number of hydrogen-bond donors (Lipinski definition) is 2. The molecule has 0 aromatic carbocycles. The van der Waals surface area contributed by atoms with Crippen LogP contribution in [0.15, 0.2) is 37.8 Å². The summed E-state index contributed by atoms with van der Waals surface area (Å²) in [6.45, 7) is 2.75. The maximum atomic E-state index is 12.3. The van der Waals surface area contributed by atoms with Gasteiger partial charge in [0.25, 0.3) is 11.5 Å². The molecule has 3 heterocycles. The lowest BCUT2D eigenvalue weighted by atomic mass is 10.2. The summed E-state index contributed by atoms with van der Waals surface area (Å²) in [6, 6.07) is 5.30. The van der Waals surface area contributed by atoms with Gasteiger partial charge in [0.05, 0.1) is 21.3 Å². The minimum absolute atomic E-state index is 0.222. The van der Waals surface area contributed by atoms with Crippen LogP contribution in [-0.4, -0.2) is 20.4 Å². The number of H-pyrrole nitrogens is 1. The molecule has 0 fully saturated rings. The van der Waals surface area contributed by atoms with Crippen LogP contribution in [0.2, 0.25) is 0 Å². The third kappa shape index (κ3) is 3.72. The van der Waals surface area contributed by atoms with Crippen molar-refractivity contribution in [1.29, 1.82) is 0 Å². The fourth-order valence-electron chi connectivity index (χ4n) is 2.44. The molecule has 3 aromatic rings. The van der Waals surface area contributed by atoms with Crippen LogP contribution in [0, 0.1) is 0 Å². The Morgan fingerprint density at radius 3 is 2.88 bits per heavy atom. The van der Waals surface area contributed by atoms with Crippen molar-refractivity contribution in [2.75, 3.05) is 0 Å². The molecular weight excluding hydrogens is 408 g/mol. The van der Waals surface area contributed by atoms with Crippen molar-refractivity contribution in [1.82, 2.24) is 19.9 Å². The quantitative estimate of drug-likeness (QED) is 0.658. The van der Waals surface area contributed by atoms with Gasteiger partial charge in [0, 0.05) is 17.6 Å². The molecule has 130 valence electrons. The van der Waals surface area contributed by atoms with E-state index in [-0.39, 0.29) is 22.5 Å². The van der Waals surface area contributed by atoms with Gasteiger partial charge in [0.1, 0.15) is 5.65 Å². The Labute approximate surface area is 154 Å². The molecule has 2 N–H and O–H groups in total. The van der Waals surface area contributed by atoms with Gasteiger partial charge >= 0.3 is 5.69 Å². The second-order valence-corrected chi connectivity index (χ2v) is 7.94. The highest BCUT2D eigenvalue weighted by Crippen LogP contribution is 2.21. The Morgan fingerprint density at radius 2 is 2.20 bits per heavy atom. The SMILES string of the molecule is CCCn1c(=O)[nH]c(=O)c2cc(C(=O)NCc3ccc(Br)s3)cnc21. The predicted molar refractivity (Wildman–Crippen MR) is 100 cm³/mol. The number of carbonyl (C=O) groups is 1. The summed E-state index contributed by atoms with van der Waals surface area (Å²) in [5.41, 5.74) is -0.478. The van der Waals surface area contributed by atoms with Gasteiger partial charge in [0.2, 0.25) is 0 Å². The summed E-state index contributed by atoms with van der Waals surface area (Å²) in [7, 11) is 0. The summed E-state index contributed by atoms with van der Waals surface area (Å²) in [5.74, 6) is -0.327. The lowest BCUT2D eigenvalue weighted by molar-refractivity contribution is 0.0951. The monoisotopic (exact) mass is 422 g/mol. The van der Waals surface area contributed by atoms with Crippen LogP contribution >= 0.6 is 27.3 Å². The van der Waals surface area contributed by atoms with Crippen molar-refractivity contribution in [3.05, 3.63) is 59.5 Å². The first-order chi connectivity index (χ1) is 12.0. The molecule has 0 bridgehead atoms. The van der Waals surface area contributed by atoms with Crippen LogP contribution in [-0.2, 0) is 13.1 Å². The lowest BCUT2D eigenvalue weighted by Gasteiger charge is -2.08. The number of aryl methyl sites for hydroxylation is 1. The summed E-state index contributed by atoms with van der Waals surface area (Å²) in [5, 5.41) is 3.02. The van der Waals surface area contributed by atoms with Crippen molar-refractivity contribution in [3.63, 3.8) is 0 Å². The topological polar surface area (TPSA) is 96.9 Å². The average molecular weight is 423 g/mol. The number of halogens is 1. The molecule has 25 heavy (non-hydrogen) atoms. The van der Waals surface area contributed by atoms with E-state index in [1.54, 1.807) is 0 Å². The number of nitrogens with zero attached hydrogens (tertiary/aromatic N) is 2. The van der Waals surface area contributed by atoms with Crippen LogP contribution in [0.5, 0.6) is 0 Å². The number of fused-ring (bicyclic) bond motifs is 1. The second kappa shape index (κ2) is 7.32.